The molecule has 0 atom stereocenters. The third-order valence-corrected chi connectivity index (χ3v) is 5.55. The lowest BCUT2D eigenvalue weighted by atomic mass is 9.82. The van der Waals surface area contributed by atoms with Crippen LogP contribution in [0.15, 0.2) is 24.5 Å². The van der Waals surface area contributed by atoms with E-state index in [0.29, 0.717) is 12.0 Å². The summed E-state index contributed by atoms with van der Waals surface area (Å²) in [4.78, 5) is 4.50. The van der Waals surface area contributed by atoms with Gasteiger partial charge in [-0.2, -0.15) is 0 Å². The number of rotatable bonds is 2. The van der Waals surface area contributed by atoms with Crippen molar-refractivity contribution >= 4 is 41.4 Å². The van der Waals surface area contributed by atoms with Crippen LogP contribution in [0.2, 0.25) is 0 Å². The summed E-state index contributed by atoms with van der Waals surface area (Å²) in [5.41, 5.74) is 8.53. The van der Waals surface area contributed by atoms with Crippen LogP contribution >= 0.6 is 30.3 Å². The molecule has 0 saturated heterocycles. The van der Waals surface area contributed by atoms with Gasteiger partial charge in [0.2, 0.25) is 0 Å². The van der Waals surface area contributed by atoms with Crippen LogP contribution in [0, 0.1) is 0 Å². The van der Waals surface area contributed by atoms with Gasteiger partial charge in [0.25, 0.3) is 0 Å². The minimum Gasteiger partial charge on any atom is -0.328 e. The van der Waals surface area contributed by atoms with E-state index in [1.807, 2.05) is 12.3 Å². The van der Waals surface area contributed by atoms with Gasteiger partial charge in [-0.15, -0.1) is 0 Å². The van der Waals surface area contributed by atoms with Gasteiger partial charge in [0, 0.05) is 54.1 Å². The number of nitrogens with zero attached hydrogens (tertiary/aromatic N) is 2. The van der Waals surface area contributed by atoms with Crippen molar-refractivity contribution in [1.29, 1.82) is 0 Å². The van der Waals surface area contributed by atoms with Gasteiger partial charge < -0.3 is 5.73 Å². The summed E-state index contributed by atoms with van der Waals surface area (Å²) in [6.07, 6.45) is 8.84. The molecule has 0 radical (unpaired) electrons. The number of pyridine rings is 1. The van der Waals surface area contributed by atoms with Crippen LogP contribution in [0.1, 0.15) is 37.2 Å². The lowest BCUT2D eigenvalue weighted by Crippen LogP contribution is -2.25. The Morgan fingerprint density at radius 3 is 2.83 bits per heavy atom. The van der Waals surface area contributed by atoms with E-state index in [1.165, 1.54) is 23.8 Å². The molecule has 2 aromatic heterocycles. The normalized spacial score (nSPS) is 24.6. The van der Waals surface area contributed by atoms with Crippen molar-refractivity contribution < 1.29 is 0 Å². The van der Waals surface area contributed by atoms with E-state index in [-0.39, 0.29) is 0 Å². The first-order valence-corrected chi connectivity index (χ1v) is 9.62. The van der Waals surface area contributed by atoms with Crippen LogP contribution in [0.4, 0.5) is 0 Å². The molecule has 5 heteroatoms. The zero-order valence-electron chi connectivity index (χ0n) is 10.1. The van der Waals surface area contributed by atoms with Crippen molar-refractivity contribution in [3.05, 3.63) is 30.1 Å². The Balaban J connectivity index is 2.01. The molecule has 2 aromatic rings. The molecule has 2 N–H and O–H groups in total. The summed E-state index contributed by atoms with van der Waals surface area (Å²) < 4.78 is 2.17. The van der Waals surface area contributed by atoms with Crippen molar-refractivity contribution in [2.45, 2.75) is 37.6 Å². The Labute approximate surface area is 123 Å². The van der Waals surface area contributed by atoms with E-state index in [0.717, 1.165) is 18.5 Å². The summed E-state index contributed by atoms with van der Waals surface area (Å²) >= 11 is 2.31. The van der Waals surface area contributed by atoms with Crippen LogP contribution in [0.25, 0.3) is 11.0 Å². The molecule has 0 spiro atoms. The number of nitrogens with two attached hydrogens (primary N) is 1. The maximum atomic E-state index is 6.00. The number of hydrogen-bond acceptors (Lipinski definition) is 3. The Hall–Kier alpha value is -0.270. The summed E-state index contributed by atoms with van der Waals surface area (Å²) in [6, 6.07) is 4.63. The topological polar surface area (TPSA) is 43.8 Å². The molecule has 1 saturated carbocycles. The molecule has 2 heterocycles. The molecule has 3 rings (SSSR count). The highest BCUT2D eigenvalue weighted by atomic mass is 127. The molecule has 0 amide bonds. The summed E-state index contributed by atoms with van der Waals surface area (Å²) in [5.74, 6) is 0.654. The van der Waals surface area contributed by atoms with Crippen LogP contribution in [0.5, 0.6) is 0 Å². The van der Waals surface area contributed by atoms with Crippen LogP contribution in [-0.4, -0.2) is 15.0 Å². The fraction of sp³-hybridized carbons (Fsp3) is 0.462. The second-order valence-electron chi connectivity index (χ2n) is 4.97. The van der Waals surface area contributed by atoms with E-state index in [1.54, 1.807) is 9.12 Å². The SMILES string of the molecule is NC1CCC(c2cn(SI)c3ncccc23)CC1. The second-order valence-corrected chi connectivity index (χ2v) is 6.68. The Morgan fingerprint density at radius 1 is 1.33 bits per heavy atom. The van der Waals surface area contributed by atoms with E-state index in [2.05, 4.69) is 42.4 Å². The highest BCUT2D eigenvalue weighted by molar-refractivity contribution is 14.2. The first kappa shape index (κ1) is 12.7. The number of hydrogen-bond donors (Lipinski definition) is 1. The first-order chi connectivity index (χ1) is 8.79. The average molecular weight is 373 g/mol. The number of aromatic nitrogens is 2. The van der Waals surface area contributed by atoms with Crippen molar-refractivity contribution in [3.8, 4) is 0 Å². The average Bonchev–Trinajstić information content (AvgIpc) is 2.79. The Kier molecular flexibility index (Phi) is 3.81. The zero-order valence-corrected chi connectivity index (χ0v) is 13.0. The van der Waals surface area contributed by atoms with E-state index in [9.17, 15) is 0 Å². The van der Waals surface area contributed by atoms with Gasteiger partial charge in [0.1, 0.15) is 0 Å². The third kappa shape index (κ3) is 2.28. The van der Waals surface area contributed by atoms with Crippen molar-refractivity contribution in [3.63, 3.8) is 0 Å². The minimum atomic E-state index is 0.409. The summed E-state index contributed by atoms with van der Waals surface area (Å²) in [7, 11) is 1.68. The minimum absolute atomic E-state index is 0.409. The van der Waals surface area contributed by atoms with Gasteiger partial charge in [-0.3, -0.25) is 3.97 Å². The maximum absolute atomic E-state index is 6.00. The highest BCUT2D eigenvalue weighted by Crippen LogP contribution is 2.38. The molecular formula is C13H16IN3S. The van der Waals surface area contributed by atoms with Crippen molar-refractivity contribution in [1.82, 2.24) is 8.96 Å². The molecule has 1 fully saturated rings. The largest absolute Gasteiger partial charge is 0.328 e. The van der Waals surface area contributed by atoms with Gasteiger partial charge in [0.05, 0.1) is 0 Å². The van der Waals surface area contributed by atoms with Crippen LogP contribution in [0.3, 0.4) is 0 Å². The zero-order chi connectivity index (χ0) is 12.5. The predicted octanol–water partition coefficient (Wildman–Crippen LogP) is 3.87. The number of fused-ring (bicyclic) bond motifs is 1. The Bertz CT molecular complexity index is 546. The van der Waals surface area contributed by atoms with Gasteiger partial charge in [-0.05, 0) is 49.3 Å². The predicted molar refractivity (Wildman–Crippen MR) is 85.9 cm³/mol. The van der Waals surface area contributed by atoms with Crippen molar-refractivity contribution in [2.75, 3.05) is 0 Å². The molecular weight excluding hydrogens is 357 g/mol. The maximum Gasteiger partial charge on any atom is 0.150 e. The molecule has 1 aliphatic carbocycles. The third-order valence-electron chi connectivity index (χ3n) is 3.85. The smallest absolute Gasteiger partial charge is 0.150 e. The monoisotopic (exact) mass is 373 g/mol. The van der Waals surface area contributed by atoms with Crippen LogP contribution in [-0.2, 0) is 0 Å². The van der Waals surface area contributed by atoms with Gasteiger partial charge >= 0.3 is 0 Å². The summed E-state index contributed by atoms with van der Waals surface area (Å²) in [5, 5.41) is 1.31. The highest BCUT2D eigenvalue weighted by Gasteiger charge is 2.23. The lowest BCUT2D eigenvalue weighted by Gasteiger charge is -2.25. The van der Waals surface area contributed by atoms with Crippen molar-refractivity contribution in [2.24, 2.45) is 5.73 Å². The molecule has 1 aliphatic rings. The first-order valence-electron chi connectivity index (χ1n) is 6.30. The van der Waals surface area contributed by atoms with Crippen LogP contribution < -0.4 is 5.73 Å². The van der Waals surface area contributed by atoms with Gasteiger partial charge in [-0.25, -0.2) is 4.98 Å². The summed E-state index contributed by atoms with van der Waals surface area (Å²) in [6.45, 7) is 0. The van der Waals surface area contributed by atoms with E-state index in [4.69, 9.17) is 5.73 Å². The standard InChI is InChI=1S/C13H16IN3S/c14-18-17-8-12(9-3-5-10(15)6-4-9)11-2-1-7-16-13(11)17/h1-2,7-10H,3-6,15H2. The van der Waals surface area contributed by atoms with E-state index >= 15 is 0 Å². The molecule has 96 valence electrons. The molecule has 0 unspecified atom stereocenters. The van der Waals surface area contributed by atoms with E-state index < -0.39 is 0 Å². The van der Waals surface area contributed by atoms with Gasteiger partial charge in [-0.1, -0.05) is 0 Å². The quantitative estimate of drug-likeness (QED) is 0.813. The molecule has 0 aliphatic heterocycles. The fourth-order valence-electron chi connectivity index (χ4n) is 2.86. The second kappa shape index (κ2) is 5.38. The van der Waals surface area contributed by atoms with Gasteiger partial charge in [0.15, 0.2) is 5.65 Å². The molecule has 0 bridgehead atoms. The Morgan fingerprint density at radius 2 is 2.11 bits per heavy atom. The fourth-order valence-corrected chi connectivity index (χ4v) is 4.13. The molecule has 0 aromatic carbocycles. The molecule has 3 nitrogen and oxygen atoms in total. The lowest BCUT2D eigenvalue weighted by molar-refractivity contribution is 0.397. The number of halogens is 1. The molecule has 18 heavy (non-hydrogen) atoms.